The van der Waals surface area contributed by atoms with Gasteiger partial charge in [-0.25, -0.2) is 8.42 Å². The number of fused-ring (bicyclic) bond motifs is 1. The van der Waals surface area contributed by atoms with Crippen LogP contribution in [0.2, 0.25) is 0 Å². The van der Waals surface area contributed by atoms with Gasteiger partial charge in [0.25, 0.3) is 10.0 Å². The lowest BCUT2D eigenvalue weighted by Crippen LogP contribution is -2.38. The average molecular weight is 315 g/mol. The Hall–Kier alpha value is -0.430. The van der Waals surface area contributed by atoms with Crippen molar-refractivity contribution in [3.8, 4) is 0 Å². The summed E-state index contributed by atoms with van der Waals surface area (Å²) in [5.41, 5.74) is 0.871. The average Bonchev–Trinajstić information content (AvgIpc) is 3.02. The standard InChI is InChI=1S/C14H21NO3S2/c1-10-8-14(19-13(10)9-16)20(17,18)15-7-6-11-4-2-3-5-12(11)15/h8,11-12,16H,2-7,9H2,1H3. The molecule has 2 heterocycles. The molecular formula is C14H21NO3S2. The van der Waals surface area contributed by atoms with Crippen LogP contribution in [0.5, 0.6) is 0 Å². The van der Waals surface area contributed by atoms with Crippen LogP contribution in [-0.4, -0.2) is 30.4 Å². The first-order valence-electron chi connectivity index (χ1n) is 7.26. The van der Waals surface area contributed by atoms with Crippen LogP contribution in [0.1, 0.15) is 42.5 Å². The van der Waals surface area contributed by atoms with Crippen molar-refractivity contribution in [3.05, 3.63) is 16.5 Å². The minimum absolute atomic E-state index is 0.0852. The van der Waals surface area contributed by atoms with Gasteiger partial charge in [0.15, 0.2) is 0 Å². The molecule has 0 bridgehead atoms. The zero-order valence-corrected chi connectivity index (χ0v) is 13.3. The number of thiophene rings is 1. The highest BCUT2D eigenvalue weighted by Gasteiger charge is 2.42. The summed E-state index contributed by atoms with van der Waals surface area (Å²) in [5.74, 6) is 0.553. The third-order valence-corrected chi connectivity index (χ3v) is 8.26. The number of nitrogens with zero attached hydrogens (tertiary/aromatic N) is 1. The Morgan fingerprint density at radius 2 is 2.10 bits per heavy atom. The molecule has 2 fully saturated rings. The molecule has 0 amide bonds. The molecular weight excluding hydrogens is 294 g/mol. The molecule has 0 spiro atoms. The van der Waals surface area contributed by atoms with Crippen LogP contribution in [0.25, 0.3) is 0 Å². The Morgan fingerprint density at radius 1 is 1.35 bits per heavy atom. The van der Waals surface area contributed by atoms with Gasteiger partial charge in [-0.05, 0) is 43.7 Å². The number of hydrogen-bond donors (Lipinski definition) is 1. The Labute approximate surface area is 124 Å². The van der Waals surface area contributed by atoms with Crippen molar-refractivity contribution < 1.29 is 13.5 Å². The van der Waals surface area contributed by atoms with Crippen LogP contribution in [0.4, 0.5) is 0 Å². The van der Waals surface area contributed by atoms with E-state index in [1.165, 1.54) is 24.2 Å². The van der Waals surface area contributed by atoms with Crippen LogP contribution in [0.15, 0.2) is 10.3 Å². The summed E-state index contributed by atoms with van der Waals surface area (Å²) < 4.78 is 27.8. The molecule has 20 heavy (non-hydrogen) atoms. The Morgan fingerprint density at radius 3 is 2.80 bits per heavy atom. The number of hydrogen-bond acceptors (Lipinski definition) is 4. The van der Waals surface area contributed by atoms with Gasteiger partial charge in [0.1, 0.15) is 4.21 Å². The third-order valence-electron chi connectivity index (χ3n) is 4.66. The fraction of sp³-hybridized carbons (Fsp3) is 0.714. The molecule has 2 atom stereocenters. The molecule has 1 N–H and O–H groups in total. The molecule has 112 valence electrons. The number of rotatable bonds is 3. The van der Waals surface area contributed by atoms with Crippen LogP contribution >= 0.6 is 11.3 Å². The van der Waals surface area contributed by atoms with Crippen LogP contribution in [0, 0.1) is 12.8 Å². The zero-order chi connectivity index (χ0) is 14.3. The Balaban J connectivity index is 1.91. The third kappa shape index (κ3) is 2.32. The van der Waals surface area contributed by atoms with E-state index in [0.29, 0.717) is 16.7 Å². The van der Waals surface area contributed by atoms with Gasteiger partial charge in [-0.3, -0.25) is 0 Å². The zero-order valence-electron chi connectivity index (χ0n) is 11.7. The molecule has 1 aliphatic carbocycles. The highest BCUT2D eigenvalue weighted by molar-refractivity contribution is 7.91. The lowest BCUT2D eigenvalue weighted by Gasteiger charge is -2.30. The van der Waals surface area contributed by atoms with E-state index in [1.54, 1.807) is 10.4 Å². The summed E-state index contributed by atoms with van der Waals surface area (Å²) in [4.78, 5) is 0.753. The molecule has 6 heteroatoms. The lowest BCUT2D eigenvalue weighted by atomic mass is 9.86. The second-order valence-electron chi connectivity index (χ2n) is 5.85. The van der Waals surface area contributed by atoms with Gasteiger partial charge in [0, 0.05) is 17.5 Å². The minimum Gasteiger partial charge on any atom is -0.391 e. The summed E-state index contributed by atoms with van der Waals surface area (Å²) in [6.45, 7) is 2.43. The van der Waals surface area contributed by atoms with Gasteiger partial charge in [-0.2, -0.15) is 4.31 Å². The fourth-order valence-electron chi connectivity index (χ4n) is 3.55. The maximum atomic E-state index is 12.8. The molecule has 1 aromatic heterocycles. The van der Waals surface area contributed by atoms with Gasteiger partial charge in [-0.1, -0.05) is 12.8 Å². The first kappa shape index (κ1) is 14.5. The molecule has 0 aromatic carbocycles. The Kier molecular flexibility index (Phi) is 3.92. The minimum atomic E-state index is -3.38. The van der Waals surface area contributed by atoms with Crippen molar-refractivity contribution in [2.45, 2.75) is 55.9 Å². The van der Waals surface area contributed by atoms with Crippen LogP contribution < -0.4 is 0 Å². The largest absolute Gasteiger partial charge is 0.391 e. The van der Waals surface area contributed by atoms with Gasteiger partial charge in [-0.15, -0.1) is 11.3 Å². The number of aliphatic hydroxyl groups excluding tert-OH is 1. The first-order chi connectivity index (χ1) is 9.54. The van der Waals surface area contributed by atoms with E-state index >= 15 is 0 Å². The second kappa shape index (κ2) is 5.40. The molecule has 3 rings (SSSR count). The monoisotopic (exact) mass is 315 g/mol. The van der Waals surface area contributed by atoms with E-state index in [4.69, 9.17) is 0 Å². The van der Waals surface area contributed by atoms with E-state index in [0.717, 1.165) is 29.7 Å². The molecule has 4 nitrogen and oxygen atoms in total. The van der Waals surface area contributed by atoms with Crippen molar-refractivity contribution in [2.24, 2.45) is 5.92 Å². The summed E-state index contributed by atoms with van der Waals surface area (Å²) in [5, 5.41) is 9.25. The van der Waals surface area contributed by atoms with E-state index in [-0.39, 0.29) is 12.6 Å². The number of sulfonamides is 1. The highest BCUT2D eigenvalue weighted by atomic mass is 32.2. The normalized spacial score (nSPS) is 27.7. The van der Waals surface area contributed by atoms with Gasteiger partial charge in [0.05, 0.1) is 6.61 Å². The predicted octanol–water partition coefficient (Wildman–Crippen LogP) is 2.50. The quantitative estimate of drug-likeness (QED) is 0.932. The maximum Gasteiger partial charge on any atom is 0.252 e. The lowest BCUT2D eigenvalue weighted by molar-refractivity contribution is 0.260. The van der Waals surface area contributed by atoms with Crippen molar-refractivity contribution in [3.63, 3.8) is 0 Å². The maximum absolute atomic E-state index is 12.8. The van der Waals surface area contributed by atoms with Crippen molar-refractivity contribution in [2.75, 3.05) is 6.54 Å². The number of aliphatic hydroxyl groups is 1. The molecule has 1 aromatic rings. The first-order valence-corrected chi connectivity index (χ1v) is 9.51. The molecule has 2 aliphatic rings. The van der Waals surface area contributed by atoms with Crippen molar-refractivity contribution in [1.29, 1.82) is 0 Å². The summed E-state index contributed by atoms with van der Waals surface area (Å²) in [6.07, 6.45) is 5.55. The van der Waals surface area contributed by atoms with Gasteiger partial charge in [0.2, 0.25) is 0 Å². The van der Waals surface area contributed by atoms with E-state index < -0.39 is 10.0 Å². The van der Waals surface area contributed by atoms with Crippen LogP contribution in [-0.2, 0) is 16.6 Å². The summed E-state index contributed by atoms with van der Waals surface area (Å²) in [6, 6.07) is 1.91. The second-order valence-corrected chi connectivity index (χ2v) is 9.10. The molecule has 1 saturated carbocycles. The van der Waals surface area contributed by atoms with E-state index in [1.807, 2.05) is 6.92 Å². The molecule has 1 aliphatic heterocycles. The van der Waals surface area contributed by atoms with E-state index in [2.05, 4.69) is 0 Å². The van der Waals surface area contributed by atoms with Gasteiger partial charge >= 0.3 is 0 Å². The van der Waals surface area contributed by atoms with E-state index in [9.17, 15) is 13.5 Å². The van der Waals surface area contributed by atoms with Crippen molar-refractivity contribution in [1.82, 2.24) is 4.31 Å². The topological polar surface area (TPSA) is 57.6 Å². The van der Waals surface area contributed by atoms with Crippen LogP contribution in [0.3, 0.4) is 0 Å². The molecule has 1 saturated heterocycles. The smallest absolute Gasteiger partial charge is 0.252 e. The SMILES string of the molecule is Cc1cc(S(=O)(=O)N2CCC3CCCCC32)sc1CO. The van der Waals surface area contributed by atoms with Crippen molar-refractivity contribution >= 4 is 21.4 Å². The Bertz CT molecular complexity index is 594. The fourth-order valence-corrected chi connectivity index (χ4v) is 6.86. The molecule has 2 unspecified atom stereocenters. The summed E-state index contributed by atoms with van der Waals surface area (Å²) >= 11 is 1.21. The highest BCUT2D eigenvalue weighted by Crippen LogP contribution is 2.40. The molecule has 0 radical (unpaired) electrons. The summed E-state index contributed by atoms with van der Waals surface area (Å²) in [7, 11) is -3.38. The number of aryl methyl sites for hydroxylation is 1. The van der Waals surface area contributed by atoms with Gasteiger partial charge < -0.3 is 5.11 Å². The predicted molar refractivity (Wildman–Crippen MR) is 79.2 cm³/mol.